The van der Waals surface area contributed by atoms with Crippen LogP contribution in [0.25, 0.3) is 10.8 Å². The zero-order valence-electron chi connectivity index (χ0n) is 20.6. The van der Waals surface area contributed by atoms with Crippen molar-refractivity contribution in [2.75, 3.05) is 6.54 Å². The van der Waals surface area contributed by atoms with Crippen molar-refractivity contribution in [3.63, 3.8) is 0 Å². The summed E-state index contributed by atoms with van der Waals surface area (Å²) < 4.78 is 0. The number of aryl methyl sites for hydroxylation is 1. The number of benzene rings is 3. The lowest BCUT2D eigenvalue weighted by atomic mass is 10.1. The molecule has 180 valence electrons. The van der Waals surface area contributed by atoms with Gasteiger partial charge in [-0.05, 0) is 65.7 Å². The normalized spacial score (nSPS) is 11.9. The van der Waals surface area contributed by atoms with Crippen LogP contribution in [0.3, 0.4) is 0 Å². The van der Waals surface area contributed by atoms with E-state index in [2.05, 4.69) is 18.4 Å². The first kappa shape index (κ1) is 24.7. The van der Waals surface area contributed by atoms with Crippen LogP contribution in [0.1, 0.15) is 46.6 Å². The second-order valence-electron chi connectivity index (χ2n) is 9.01. The number of hydrogen-bond acceptors (Lipinski definition) is 3. The first-order chi connectivity index (χ1) is 17.0. The van der Waals surface area contributed by atoms with E-state index in [4.69, 9.17) is 0 Å². The minimum absolute atomic E-state index is 0.0453. The van der Waals surface area contributed by atoms with E-state index in [0.29, 0.717) is 18.7 Å². The zero-order valence-corrected chi connectivity index (χ0v) is 21.4. The molecule has 0 bridgehead atoms. The second kappa shape index (κ2) is 11.3. The minimum atomic E-state index is -0.106. The maximum atomic E-state index is 13.7. The van der Waals surface area contributed by atoms with E-state index in [1.807, 2.05) is 91.5 Å². The van der Waals surface area contributed by atoms with Gasteiger partial charge in [0.1, 0.15) is 6.54 Å². The average Bonchev–Trinajstić information content (AvgIpc) is 3.30. The molecule has 0 spiro atoms. The largest absolute Gasteiger partial charge is 0.332 e. The molecule has 0 aliphatic rings. The molecule has 1 atom stereocenters. The van der Waals surface area contributed by atoms with Crippen molar-refractivity contribution in [3.8, 4) is 0 Å². The van der Waals surface area contributed by atoms with E-state index in [1.54, 1.807) is 16.2 Å². The van der Waals surface area contributed by atoms with Gasteiger partial charge < -0.3 is 9.80 Å². The van der Waals surface area contributed by atoms with Crippen LogP contribution in [0.5, 0.6) is 0 Å². The smallest absolute Gasteiger partial charge is 0.254 e. The Bertz CT molecular complexity index is 1300. The quantitative estimate of drug-likeness (QED) is 0.266. The highest BCUT2D eigenvalue weighted by molar-refractivity contribution is 7.10. The fourth-order valence-electron chi connectivity index (χ4n) is 4.16. The molecule has 0 aliphatic carbocycles. The van der Waals surface area contributed by atoms with E-state index < -0.39 is 0 Å². The minimum Gasteiger partial charge on any atom is -0.332 e. The number of rotatable bonds is 9. The summed E-state index contributed by atoms with van der Waals surface area (Å²) in [5, 5.41) is 4.17. The van der Waals surface area contributed by atoms with Gasteiger partial charge in [0.15, 0.2) is 0 Å². The van der Waals surface area contributed by atoms with Gasteiger partial charge in [-0.15, -0.1) is 11.3 Å². The first-order valence-corrected chi connectivity index (χ1v) is 13.0. The van der Waals surface area contributed by atoms with Crippen LogP contribution in [0.2, 0.25) is 0 Å². The van der Waals surface area contributed by atoms with Crippen molar-refractivity contribution < 1.29 is 9.59 Å². The van der Waals surface area contributed by atoms with Gasteiger partial charge in [0.25, 0.3) is 5.91 Å². The van der Waals surface area contributed by atoms with Crippen LogP contribution in [0.4, 0.5) is 0 Å². The van der Waals surface area contributed by atoms with E-state index in [-0.39, 0.29) is 24.4 Å². The number of hydrogen-bond donors (Lipinski definition) is 0. The molecule has 0 radical (unpaired) electrons. The van der Waals surface area contributed by atoms with Crippen LogP contribution in [-0.4, -0.2) is 34.2 Å². The molecule has 4 rings (SSSR count). The van der Waals surface area contributed by atoms with Crippen LogP contribution in [-0.2, 0) is 17.9 Å². The van der Waals surface area contributed by atoms with Crippen molar-refractivity contribution in [2.24, 2.45) is 0 Å². The van der Waals surface area contributed by atoms with Crippen LogP contribution in [0.15, 0.2) is 84.2 Å². The number of carbonyl (C=O) groups excluding carboxylic acids is 2. The third kappa shape index (κ3) is 5.98. The summed E-state index contributed by atoms with van der Waals surface area (Å²) >= 11 is 1.67. The molecule has 35 heavy (non-hydrogen) atoms. The van der Waals surface area contributed by atoms with Crippen molar-refractivity contribution in [2.45, 2.75) is 46.3 Å². The molecule has 1 heterocycles. The molecule has 0 fully saturated rings. The van der Waals surface area contributed by atoms with Gasteiger partial charge in [0.2, 0.25) is 5.91 Å². The van der Waals surface area contributed by atoms with Crippen LogP contribution in [0, 0.1) is 6.92 Å². The molecular weight excluding hydrogens is 452 g/mol. The van der Waals surface area contributed by atoms with Crippen LogP contribution >= 0.6 is 11.3 Å². The van der Waals surface area contributed by atoms with E-state index in [9.17, 15) is 9.59 Å². The Hall–Kier alpha value is -3.44. The fourth-order valence-corrected chi connectivity index (χ4v) is 5.08. The Morgan fingerprint density at radius 3 is 2.29 bits per heavy atom. The molecule has 0 N–H and O–H groups in total. The second-order valence-corrected chi connectivity index (χ2v) is 10.0. The van der Waals surface area contributed by atoms with Crippen molar-refractivity contribution >= 4 is 33.9 Å². The molecule has 5 heteroatoms. The molecule has 0 unspecified atom stereocenters. The average molecular weight is 485 g/mol. The Morgan fingerprint density at radius 2 is 1.60 bits per heavy atom. The van der Waals surface area contributed by atoms with Gasteiger partial charge in [-0.1, -0.05) is 67.6 Å². The number of thiophene rings is 1. The van der Waals surface area contributed by atoms with E-state index >= 15 is 0 Å². The summed E-state index contributed by atoms with van der Waals surface area (Å²) in [7, 11) is 0. The first-order valence-electron chi connectivity index (χ1n) is 12.1. The molecule has 3 aromatic carbocycles. The molecule has 0 saturated heterocycles. The molecule has 0 saturated carbocycles. The monoisotopic (exact) mass is 484 g/mol. The van der Waals surface area contributed by atoms with Gasteiger partial charge in [-0.2, -0.15) is 0 Å². The standard InChI is InChI=1S/C30H32N2O2S/c1-4-23(3)32(30(34)27-15-14-25-12-8-9-13-26(25)18-27)21-29(33)31(19-24-10-6-5-7-11-24)20-28-22(2)16-17-35-28/h5-18,23H,4,19-21H2,1-3H3/t23-/m0/s1. The number of amides is 2. The summed E-state index contributed by atoms with van der Waals surface area (Å²) in [6, 6.07) is 25.8. The zero-order chi connectivity index (χ0) is 24.8. The van der Waals surface area contributed by atoms with Crippen molar-refractivity contribution in [1.82, 2.24) is 9.80 Å². The SMILES string of the molecule is CC[C@H](C)N(CC(=O)N(Cc1ccccc1)Cc1sccc1C)C(=O)c1ccc2ccccc2c1. The third-order valence-electron chi connectivity index (χ3n) is 6.56. The summed E-state index contributed by atoms with van der Waals surface area (Å²) in [6.45, 7) is 7.23. The summed E-state index contributed by atoms with van der Waals surface area (Å²) in [5.41, 5.74) is 2.87. The molecule has 0 aliphatic heterocycles. The molecule has 4 aromatic rings. The summed E-state index contributed by atoms with van der Waals surface area (Å²) in [5.74, 6) is -0.151. The summed E-state index contributed by atoms with van der Waals surface area (Å²) in [4.78, 5) is 32.1. The van der Waals surface area contributed by atoms with Gasteiger partial charge in [0, 0.05) is 23.0 Å². The number of nitrogens with zero attached hydrogens (tertiary/aromatic N) is 2. The van der Waals surface area contributed by atoms with Gasteiger partial charge in [-0.3, -0.25) is 9.59 Å². The topological polar surface area (TPSA) is 40.6 Å². The fraction of sp³-hybridized carbons (Fsp3) is 0.267. The Kier molecular flexibility index (Phi) is 7.98. The van der Waals surface area contributed by atoms with Crippen molar-refractivity contribution in [3.05, 3.63) is 106 Å². The Morgan fingerprint density at radius 1 is 0.886 bits per heavy atom. The third-order valence-corrected chi connectivity index (χ3v) is 7.57. The maximum Gasteiger partial charge on any atom is 0.254 e. The van der Waals surface area contributed by atoms with Crippen LogP contribution < -0.4 is 0 Å². The Labute approximate surface area is 211 Å². The van der Waals surface area contributed by atoms with Gasteiger partial charge in [-0.25, -0.2) is 0 Å². The maximum absolute atomic E-state index is 13.7. The molecule has 1 aromatic heterocycles. The lowest BCUT2D eigenvalue weighted by molar-refractivity contribution is -0.133. The highest BCUT2D eigenvalue weighted by Gasteiger charge is 2.26. The molecule has 4 nitrogen and oxygen atoms in total. The lowest BCUT2D eigenvalue weighted by Crippen LogP contribution is -2.46. The Balaban J connectivity index is 1.59. The predicted octanol–water partition coefficient (Wildman–Crippen LogP) is 6.68. The summed E-state index contributed by atoms with van der Waals surface area (Å²) in [6.07, 6.45) is 0.773. The lowest BCUT2D eigenvalue weighted by Gasteiger charge is -2.31. The molecular formula is C30H32N2O2S. The number of carbonyl (C=O) groups is 2. The van der Waals surface area contributed by atoms with Gasteiger partial charge in [0.05, 0.1) is 6.54 Å². The highest BCUT2D eigenvalue weighted by Crippen LogP contribution is 2.22. The number of fused-ring (bicyclic) bond motifs is 1. The van der Waals surface area contributed by atoms with E-state index in [1.165, 1.54) is 10.4 Å². The van der Waals surface area contributed by atoms with Gasteiger partial charge >= 0.3 is 0 Å². The predicted molar refractivity (Wildman–Crippen MR) is 144 cm³/mol. The van der Waals surface area contributed by atoms with E-state index in [0.717, 1.165) is 22.8 Å². The highest BCUT2D eigenvalue weighted by atomic mass is 32.1. The molecule has 2 amide bonds. The van der Waals surface area contributed by atoms with Crippen molar-refractivity contribution in [1.29, 1.82) is 0 Å².